The Hall–Kier alpha value is -2.41. The van der Waals surface area contributed by atoms with Gasteiger partial charge in [-0.2, -0.15) is 0 Å². The number of methoxy groups -OCH3 is 3. The van der Waals surface area contributed by atoms with Crippen molar-refractivity contribution >= 4 is 17.8 Å². The van der Waals surface area contributed by atoms with Crippen molar-refractivity contribution in [3.8, 4) is 0 Å². The molecule has 0 aliphatic rings. The van der Waals surface area contributed by atoms with E-state index < -0.39 is 35.9 Å². The lowest BCUT2D eigenvalue weighted by molar-refractivity contribution is -0.150. The number of hydrogen-bond acceptors (Lipinski definition) is 6. The van der Waals surface area contributed by atoms with Gasteiger partial charge in [0.05, 0.1) is 20.1 Å². The number of rotatable bonds is 8. The zero-order valence-corrected chi connectivity index (χ0v) is 14.3. The zero-order valence-electron chi connectivity index (χ0n) is 14.3. The quantitative estimate of drug-likeness (QED) is 0.718. The van der Waals surface area contributed by atoms with Crippen molar-refractivity contribution in [1.82, 2.24) is 5.32 Å². The SMILES string of the molecule is COC(=O)[C@H](C)C[C@@H](NC(=O)[C@@H](OC)c1ccccc1)C(=O)OC. The van der Waals surface area contributed by atoms with Gasteiger partial charge in [0.25, 0.3) is 5.91 Å². The fourth-order valence-corrected chi connectivity index (χ4v) is 2.28. The summed E-state index contributed by atoms with van der Waals surface area (Å²) < 4.78 is 14.6. The van der Waals surface area contributed by atoms with Crippen molar-refractivity contribution in [3.05, 3.63) is 35.9 Å². The van der Waals surface area contributed by atoms with Gasteiger partial charge in [0.1, 0.15) is 6.04 Å². The molecule has 0 aliphatic heterocycles. The maximum atomic E-state index is 12.5. The largest absolute Gasteiger partial charge is 0.469 e. The van der Waals surface area contributed by atoms with E-state index in [9.17, 15) is 14.4 Å². The number of hydrogen-bond donors (Lipinski definition) is 1. The van der Waals surface area contributed by atoms with Crippen molar-refractivity contribution < 1.29 is 28.6 Å². The van der Waals surface area contributed by atoms with E-state index in [0.717, 1.165) is 0 Å². The average Bonchev–Trinajstić information content (AvgIpc) is 2.61. The summed E-state index contributed by atoms with van der Waals surface area (Å²) in [6.45, 7) is 1.61. The Morgan fingerprint density at radius 1 is 1.00 bits per heavy atom. The van der Waals surface area contributed by atoms with Gasteiger partial charge in [-0.05, 0) is 12.0 Å². The number of esters is 2. The average molecular weight is 337 g/mol. The Bertz CT molecular complexity index is 559. The van der Waals surface area contributed by atoms with Gasteiger partial charge in [0.15, 0.2) is 6.10 Å². The minimum Gasteiger partial charge on any atom is -0.469 e. The first-order chi connectivity index (χ1) is 11.4. The molecule has 132 valence electrons. The van der Waals surface area contributed by atoms with Gasteiger partial charge in [0.2, 0.25) is 0 Å². The third-order valence-electron chi connectivity index (χ3n) is 3.57. The molecule has 1 amide bonds. The number of ether oxygens (including phenoxy) is 3. The Balaban J connectivity index is 2.86. The summed E-state index contributed by atoms with van der Waals surface area (Å²) in [4.78, 5) is 35.9. The van der Waals surface area contributed by atoms with Crippen molar-refractivity contribution in [3.63, 3.8) is 0 Å². The monoisotopic (exact) mass is 337 g/mol. The van der Waals surface area contributed by atoms with Crippen LogP contribution in [-0.2, 0) is 28.6 Å². The van der Waals surface area contributed by atoms with E-state index in [1.807, 2.05) is 6.07 Å². The van der Waals surface area contributed by atoms with E-state index in [0.29, 0.717) is 5.56 Å². The highest BCUT2D eigenvalue weighted by Gasteiger charge is 2.30. The number of carbonyl (C=O) groups is 3. The van der Waals surface area contributed by atoms with Crippen LogP contribution in [0.3, 0.4) is 0 Å². The smallest absolute Gasteiger partial charge is 0.328 e. The second-order valence-corrected chi connectivity index (χ2v) is 5.27. The van der Waals surface area contributed by atoms with Gasteiger partial charge in [-0.3, -0.25) is 9.59 Å². The molecule has 0 saturated heterocycles. The normalized spacial score (nSPS) is 14.2. The molecular formula is C17H23NO6. The third-order valence-corrected chi connectivity index (χ3v) is 3.57. The first kappa shape index (κ1) is 19.6. The zero-order chi connectivity index (χ0) is 18.1. The molecule has 3 atom stereocenters. The molecule has 0 heterocycles. The molecule has 7 heteroatoms. The van der Waals surface area contributed by atoms with Gasteiger partial charge in [-0.25, -0.2) is 4.79 Å². The Morgan fingerprint density at radius 3 is 2.08 bits per heavy atom. The minimum absolute atomic E-state index is 0.0658. The molecule has 0 saturated carbocycles. The van der Waals surface area contributed by atoms with E-state index in [2.05, 4.69) is 10.1 Å². The van der Waals surface area contributed by atoms with Crippen LogP contribution in [0, 0.1) is 5.92 Å². The summed E-state index contributed by atoms with van der Waals surface area (Å²) in [6.07, 6.45) is -0.803. The molecule has 0 fully saturated rings. The van der Waals surface area contributed by atoms with E-state index >= 15 is 0 Å². The Labute approximate surface area is 141 Å². The molecular weight excluding hydrogens is 314 g/mol. The lowest BCUT2D eigenvalue weighted by Crippen LogP contribution is -2.45. The fraction of sp³-hybridized carbons (Fsp3) is 0.471. The maximum absolute atomic E-state index is 12.5. The highest BCUT2D eigenvalue weighted by Crippen LogP contribution is 2.17. The van der Waals surface area contributed by atoms with Crippen LogP contribution in [0.2, 0.25) is 0 Å². The minimum atomic E-state index is -0.974. The fourth-order valence-electron chi connectivity index (χ4n) is 2.28. The molecule has 0 spiro atoms. The molecule has 0 aromatic heterocycles. The van der Waals surface area contributed by atoms with Crippen molar-refractivity contribution in [1.29, 1.82) is 0 Å². The van der Waals surface area contributed by atoms with Crippen LogP contribution >= 0.6 is 0 Å². The summed E-state index contributed by atoms with van der Waals surface area (Å²) in [5.41, 5.74) is 0.655. The lowest BCUT2D eigenvalue weighted by atomic mass is 10.0. The number of amides is 1. The van der Waals surface area contributed by atoms with Crippen LogP contribution in [0.5, 0.6) is 0 Å². The maximum Gasteiger partial charge on any atom is 0.328 e. The Kier molecular flexibility index (Phi) is 7.91. The predicted octanol–water partition coefficient (Wildman–Crippen LogP) is 1.23. The van der Waals surface area contributed by atoms with Gasteiger partial charge < -0.3 is 19.5 Å². The summed E-state index contributed by atoms with van der Waals surface area (Å²) in [6, 6.07) is 7.91. The summed E-state index contributed by atoms with van der Waals surface area (Å²) in [5.74, 6) is -2.17. The lowest BCUT2D eigenvalue weighted by Gasteiger charge is -2.22. The topological polar surface area (TPSA) is 90.9 Å². The van der Waals surface area contributed by atoms with Crippen LogP contribution in [-0.4, -0.2) is 45.2 Å². The van der Waals surface area contributed by atoms with E-state index in [1.54, 1.807) is 31.2 Å². The van der Waals surface area contributed by atoms with E-state index in [-0.39, 0.29) is 6.42 Å². The molecule has 1 N–H and O–H groups in total. The van der Waals surface area contributed by atoms with Crippen LogP contribution < -0.4 is 5.32 Å². The first-order valence-corrected chi connectivity index (χ1v) is 7.48. The summed E-state index contributed by atoms with van der Waals surface area (Å²) >= 11 is 0. The standard InChI is InChI=1S/C17H23NO6/c1-11(16(20)23-3)10-13(17(21)24-4)18-15(19)14(22-2)12-8-6-5-7-9-12/h5-9,11,13-14H,10H2,1-4H3,(H,18,19)/t11-,13-,14+/m1/s1. The molecule has 24 heavy (non-hydrogen) atoms. The van der Waals surface area contributed by atoms with Gasteiger partial charge in [0, 0.05) is 7.11 Å². The van der Waals surface area contributed by atoms with Gasteiger partial charge >= 0.3 is 11.9 Å². The molecule has 0 unspecified atom stereocenters. The third kappa shape index (κ3) is 5.34. The molecule has 1 aromatic rings. The van der Waals surface area contributed by atoms with Crippen LogP contribution in [0.1, 0.15) is 25.0 Å². The summed E-state index contributed by atoms with van der Waals surface area (Å²) in [5, 5.41) is 2.58. The first-order valence-electron chi connectivity index (χ1n) is 7.48. The number of benzene rings is 1. The van der Waals surface area contributed by atoms with Crippen molar-refractivity contribution in [2.45, 2.75) is 25.5 Å². The Morgan fingerprint density at radius 2 is 1.58 bits per heavy atom. The molecule has 0 radical (unpaired) electrons. The molecule has 1 rings (SSSR count). The molecule has 0 aliphatic carbocycles. The molecule has 1 aromatic carbocycles. The van der Waals surface area contributed by atoms with Gasteiger partial charge in [-0.15, -0.1) is 0 Å². The second-order valence-electron chi connectivity index (χ2n) is 5.27. The van der Waals surface area contributed by atoms with Crippen LogP contribution in [0.25, 0.3) is 0 Å². The van der Waals surface area contributed by atoms with E-state index in [1.165, 1.54) is 21.3 Å². The van der Waals surface area contributed by atoms with E-state index in [4.69, 9.17) is 9.47 Å². The van der Waals surface area contributed by atoms with Crippen LogP contribution in [0.4, 0.5) is 0 Å². The predicted molar refractivity (Wildman–Crippen MR) is 85.9 cm³/mol. The number of nitrogens with one attached hydrogen (secondary N) is 1. The van der Waals surface area contributed by atoms with Crippen molar-refractivity contribution in [2.75, 3.05) is 21.3 Å². The van der Waals surface area contributed by atoms with Crippen LogP contribution in [0.15, 0.2) is 30.3 Å². The molecule has 0 bridgehead atoms. The van der Waals surface area contributed by atoms with Crippen molar-refractivity contribution in [2.24, 2.45) is 5.92 Å². The second kappa shape index (κ2) is 9.67. The summed E-state index contributed by atoms with van der Waals surface area (Å²) in [7, 11) is 3.89. The van der Waals surface area contributed by atoms with Gasteiger partial charge in [-0.1, -0.05) is 37.3 Å². The number of carbonyl (C=O) groups excluding carboxylic acids is 3. The highest BCUT2D eigenvalue weighted by molar-refractivity contribution is 5.88. The highest BCUT2D eigenvalue weighted by atomic mass is 16.5. The molecule has 7 nitrogen and oxygen atoms in total.